The maximum atomic E-state index is 12.9. The summed E-state index contributed by atoms with van der Waals surface area (Å²) in [6.45, 7) is 4.60. The van der Waals surface area contributed by atoms with Crippen molar-refractivity contribution < 1.29 is 24.6 Å². The average Bonchev–Trinajstić information content (AvgIpc) is 2.97. The van der Waals surface area contributed by atoms with E-state index in [2.05, 4.69) is 13.8 Å². The van der Waals surface area contributed by atoms with Crippen LogP contribution in [0, 0.1) is 28.6 Å². The van der Waals surface area contributed by atoms with Gasteiger partial charge >= 0.3 is 5.97 Å². The molecule has 0 unspecified atom stereocenters. The average molecular weight is 435 g/mol. The number of thioether (sulfide) groups is 1. The zero-order valence-corrected chi connectivity index (χ0v) is 18.9. The van der Waals surface area contributed by atoms with Crippen molar-refractivity contribution in [3.8, 4) is 0 Å². The number of carboxylic acid groups (broad SMARTS) is 1. The molecule has 0 bridgehead atoms. The van der Waals surface area contributed by atoms with Gasteiger partial charge in [0.15, 0.2) is 11.6 Å². The fourth-order valence-electron chi connectivity index (χ4n) is 7.35. The van der Waals surface area contributed by atoms with Crippen LogP contribution in [0.4, 0.5) is 0 Å². The van der Waals surface area contributed by atoms with Crippen LogP contribution in [0.25, 0.3) is 0 Å². The lowest BCUT2D eigenvalue weighted by molar-refractivity contribution is -0.136. The summed E-state index contributed by atoms with van der Waals surface area (Å²) in [6.07, 6.45) is 8.75. The molecule has 6 heteroatoms. The van der Waals surface area contributed by atoms with Gasteiger partial charge < -0.3 is 10.2 Å². The highest BCUT2D eigenvalue weighted by Crippen LogP contribution is 2.66. The van der Waals surface area contributed by atoms with E-state index in [-0.39, 0.29) is 34.6 Å². The Bertz CT molecular complexity index is 790. The number of hydrogen-bond donors (Lipinski definition) is 2. The molecule has 3 saturated carbocycles. The zero-order valence-electron chi connectivity index (χ0n) is 18.1. The number of fused-ring (bicyclic) bond motifs is 5. The Balaban J connectivity index is 1.49. The normalized spacial score (nSPS) is 42.7. The summed E-state index contributed by atoms with van der Waals surface area (Å²) in [5.41, 5.74) is 0.140. The van der Waals surface area contributed by atoms with Crippen molar-refractivity contribution in [2.24, 2.45) is 28.6 Å². The van der Waals surface area contributed by atoms with E-state index in [1.807, 2.05) is 6.08 Å². The Morgan fingerprint density at radius 2 is 1.93 bits per heavy atom. The van der Waals surface area contributed by atoms with Crippen LogP contribution in [-0.4, -0.2) is 44.9 Å². The number of aliphatic carboxylic acids is 1. The summed E-state index contributed by atoms with van der Waals surface area (Å²) in [6, 6.07) is 0. The van der Waals surface area contributed by atoms with E-state index < -0.39 is 11.6 Å². The van der Waals surface area contributed by atoms with E-state index in [1.165, 1.54) is 17.3 Å². The monoisotopic (exact) mass is 434 g/mol. The van der Waals surface area contributed by atoms with Crippen LogP contribution in [0.15, 0.2) is 11.6 Å². The lowest BCUT2D eigenvalue weighted by atomic mass is 9.47. The van der Waals surface area contributed by atoms with Crippen LogP contribution >= 0.6 is 11.8 Å². The summed E-state index contributed by atoms with van der Waals surface area (Å²) < 4.78 is 0. The van der Waals surface area contributed by atoms with Crippen molar-refractivity contribution >= 4 is 29.3 Å². The highest BCUT2D eigenvalue weighted by atomic mass is 32.2. The van der Waals surface area contributed by atoms with Gasteiger partial charge in [0.1, 0.15) is 5.60 Å². The van der Waals surface area contributed by atoms with Gasteiger partial charge in [-0.25, -0.2) is 0 Å². The number of hydrogen-bond acceptors (Lipinski definition) is 5. The summed E-state index contributed by atoms with van der Waals surface area (Å²) in [7, 11) is 0. The third-order valence-corrected chi connectivity index (χ3v) is 9.91. The van der Waals surface area contributed by atoms with Gasteiger partial charge in [0.05, 0.1) is 12.2 Å². The zero-order chi connectivity index (χ0) is 21.7. The number of aliphatic hydroxyl groups is 1. The summed E-state index contributed by atoms with van der Waals surface area (Å²) in [5.74, 6) is 1.24. The smallest absolute Gasteiger partial charge is 0.304 e. The van der Waals surface area contributed by atoms with E-state index in [0.717, 1.165) is 32.1 Å². The van der Waals surface area contributed by atoms with Crippen LogP contribution in [0.5, 0.6) is 0 Å². The molecule has 4 aliphatic carbocycles. The number of ketones is 2. The van der Waals surface area contributed by atoms with Crippen LogP contribution in [0.3, 0.4) is 0 Å². The molecule has 0 aromatic carbocycles. The molecular formula is C24H34O5S. The first-order chi connectivity index (χ1) is 14.1. The van der Waals surface area contributed by atoms with E-state index in [4.69, 9.17) is 5.11 Å². The molecule has 0 heterocycles. The maximum absolute atomic E-state index is 12.9. The van der Waals surface area contributed by atoms with Gasteiger partial charge in [-0.05, 0) is 79.6 Å². The molecule has 0 radical (unpaired) electrons. The largest absolute Gasteiger partial charge is 0.481 e. The molecule has 0 aromatic rings. The van der Waals surface area contributed by atoms with E-state index in [1.54, 1.807) is 0 Å². The minimum atomic E-state index is -1.27. The van der Waals surface area contributed by atoms with Gasteiger partial charge in [-0.2, -0.15) is 11.8 Å². The molecule has 2 N–H and O–H groups in total. The molecule has 30 heavy (non-hydrogen) atoms. The van der Waals surface area contributed by atoms with Crippen LogP contribution in [-0.2, 0) is 14.4 Å². The van der Waals surface area contributed by atoms with Crippen LogP contribution in [0.1, 0.15) is 71.6 Å². The molecule has 0 spiro atoms. The number of carbonyl (C=O) groups is 3. The van der Waals surface area contributed by atoms with Gasteiger partial charge in [-0.1, -0.05) is 19.4 Å². The van der Waals surface area contributed by atoms with Gasteiger partial charge in [0, 0.05) is 12.2 Å². The van der Waals surface area contributed by atoms with Crippen molar-refractivity contribution in [1.29, 1.82) is 0 Å². The van der Waals surface area contributed by atoms with Gasteiger partial charge in [0.25, 0.3) is 0 Å². The highest BCUT2D eigenvalue weighted by Gasteiger charge is 2.62. The second-order valence-electron chi connectivity index (χ2n) is 10.7. The van der Waals surface area contributed by atoms with Crippen molar-refractivity contribution in [2.45, 2.75) is 77.2 Å². The molecule has 166 valence electrons. The van der Waals surface area contributed by atoms with Crippen molar-refractivity contribution in [1.82, 2.24) is 0 Å². The SMILES string of the molecule is C[C@]12CC[C@H]3[C@H](CCC4=CC(=O)CC[C@@]43C)[C@@H]1C[C@](O)(C(=O)CSCCC(=O)O)C2. The quantitative estimate of drug-likeness (QED) is 0.614. The Morgan fingerprint density at radius 3 is 2.67 bits per heavy atom. The van der Waals surface area contributed by atoms with Gasteiger partial charge in [0.2, 0.25) is 0 Å². The van der Waals surface area contributed by atoms with Crippen molar-refractivity contribution in [2.75, 3.05) is 11.5 Å². The van der Waals surface area contributed by atoms with Gasteiger partial charge in [-0.3, -0.25) is 14.4 Å². The fraction of sp³-hybridized carbons (Fsp3) is 0.792. The second-order valence-corrected chi connectivity index (χ2v) is 11.8. The number of rotatable bonds is 6. The number of carbonyl (C=O) groups excluding carboxylic acids is 2. The minimum Gasteiger partial charge on any atom is -0.481 e. The van der Waals surface area contributed by atoms with E-state index >= 15 is 0 Å². The van der Waals surface area contributed by atoms with Gasteiger partial charge in [-0.15, -0.1) is 0 Å². The second kappa shape index (κ2) is 7.77. The molecule has 0 saturated heterocycles. The molecule has 0 aromatic heterocycles. The third-order valence-electron chi connectivity index (χ3n) is 8.95. The van der Waals surface area contributed by atoms with Crippen molar-refractivity contribution in [3.63, 3.8) is 0 Å². The minimum absolute atomic E-state index is 0.0145. The maximum Gasteiger partial charge on any atom is 0.304 e. The Hall–Kier alpha value is -1.14. The molecule has 3 fully saturated rings. The number of carboxylic acids is 1. The summed E-state index contributed by atoms with van der Waals surface area (Å²) in [4.78, 5) is 35.6. The lowest BCUT2D eigenvalue weighted by Gasteiger charge is -2.57. The fourth-order valence-corrected chi connectivity index (χ4v) is 8.26. The standard InChI is InChI=1S/C24H34O5S/c1-22-8-6-18-17(4-3-15-11-16(25)5-9-23(15,18)2)19(22)12-24(29,14-22)20(26)13-30-10-7-21(27)28/h11,17-19,29H,3-10,12-14H2,1-2H3,(H,27,28)/t17-,18-,19-,22+,23-,24+/m0/s1. The number of allylic oxidation sites excluding steroid dienone is 1. The van der Waals surface area contributed by atoms with Crippen LogP contribution in [0.2, 0.25) is 0 Å². The Labute approximate surface area is 183 Å². The third kappa shape index (κ3) is 3.68. The molecule has 4 aliphatic rings. The Kier molecular flexibility index (Phi) is 5.72. The first-order valence-corrected chi connectivity index (χ1v) is 12.5. The molecule has 0 amide bonds. The molecule has 5 nitrogen and oxygen atoms in total. The molecular weight excluding hydrogens is 400 g/mol. The first-order valence-electron chi connectivity index (χ1n) is 11.4. The summed E-state index contributed by atoms with van der Waals surface area (Å²) >= 11 is 1.31. The topological polar surface area (TPSA) is 91.7 Å². The highest BCUT2D eigenvalue weighted by molar-refractivity contribution is 7.99. The van der Waals surface area contributed by atoms with E-state index in [9.17, 15) is 19.5 Å². The predicted octanol–water partition coefficient (Wildman–Crippen LogP) is 4.03. The first kappa shape index (κ1) is 22.1. The predicted molar refractivity (Wildman–Crippen MR) is 116 cm³/mol. The Morgan fingerprint density at radius 1 is 1.17 bits per heavy atom. The van der Waals surface area contributed by atoms with Crippen molar-refractivity contribution in [3.05, 3.63) is 11.6 Å². The molecule has 6 atom stereocenters. The molecule has 0 aliphatic heterocycles. The number of Topliss-reactive ketones (excluding diaryl/α,β-unsaturated/α-hetero) is 1. The van der Waals surface area contributed by atoms with Crippen LogP contribution < -0.4 is 0 Å². The summed E-state index contributed by atoms with van der Waals surface area (Å²) in [5, 5.41) is 20.1. The lowest BCUT2D eigenvalue weighted by Crippen LogP contribution is -2.49. The molecule has 4 rings (SSSR count). The van der Waals surface area contributed by atoms with E-state index in [0.29, 0.717) is 42.8 Å².